The van der Waals surface area contributed by atoms with Crippen LogP contribution in [0.5, 0.6) is 0 Å². The van der Waals surface area contributed by atoms with Crippen molar-refractivity contribution >= 4 is 33.7 Å². The van der Waals surface area contributed by atoms with E-state index in [0.717, 1.165) is 12.1 Å². The molecule has 0 unspecified atom stereocenters. The number of likely N-dealkylation sites (tertiary alicyclic amines) is 1. The van der Waals surface area contributed by atoms with E-state index in [1.54, 1.807) is 4.90 Å². The lowest BCUT2D eigenvalue weighted by molar-refractivity contribution is -0.137. The molecule has 0 radical (unpaired) electrons. The summed E-state index contributed by atoms with van der Waals surface area (Å²) in [5.74, 6) is -0.0679. The highest BCUT2D eigenvalue weighted by Gasteiger charge is 2.26. The van der Waals surface area contributed by atoms with Crippen molar-refractivity contribution in [3.63, 3.8) is 0 Å². The highest BCUT2D eigenvalue weighted by atomic mass is 32.2. The van der Waals surface area contributed by atoms with Gasteiger partial charge in [0.15, 0.2) is 0 Å². The van der Waals surface area contributed by atoms with E-state index in [0.29, 0.717) is 38.1 Å². The second-order valence-electron chi connectivity index (χ2n) is 6.11. The molecule has 0 saturated carbocycles. The van der Waals surface area contributed by atoms with Gasteiger partial charge in [-0.1, -0.05) is 0 Å². The number of hydrogen-bond acceptors (Lipinski definition) is 6. The summed E-state index contributed by atoms with van der Waals surface area (Å²) in [6, 6.07) is 4.39. The van der Waals surface area contributed by atoms with E-state index in [1.165, 1.54) is 31.0 Å². The highest BCUT2D eigenvalue weighted by Crippen LogP contribution is 2.16. The summed E-state index contributed by atoms with van der Waals surface area (Å²) in [7, 11) is -2.39. The Morgan fingerprint density at radius 1 is 1.26 bits per heavy atom. The summed E-state index contributed by atoms with van der Waals surface area (Å²) >= 11 is 1.34. The molecule has 2 rings (SSSR count). The monoisotopic (exact) mass is 418 g/mol. The van der Waals surface area contributed by atoms with Crippen LogP contribution >= 0.6 is 11.8 Å². The van der Waals surface area contributed by atoms with Gasteiger partial charge in [0.1, 0.15) is 5.82 Å². The van der Waals surface area contributed by atoms with Crippen LogP contribution in [0.3, 0.4) is 0 Å². The summed E-state index contributed by atoms with van der Waals surface area (Å²) in [5, 5.41) is 0. The lowest BCUT2D eigenvalue weighted by Gasteiger charge is -2.32. The number of thioether (sulfide) groups is 1. The molecule has 1 amide bonds. The van der Waals surface area contributed by atoms with E-state index < -0.39 is 15.8 Å². The second-order valence-corrected chi connectivity index (χ2v) is 8.93. The van der Waals surface area contributed by atoms with E-state index in [-0.39, 0.29) is 28.6 Å². The van der Waals surface area contributed by atoms with Crippen molar-refractivity contribution in [2.45, 2.75) is 30.2 Å². The quantitative estimate of drug-likeness (QED) is 0.507. The minimum atomic E-state index is -3.71. The molecule has 1 aliphatic heterocycles. The van der Waals surface area contributed by atoms with Gasteiger partial charge in [0.25, 0.3) is 0 Å². The number of piperidine rings is 1. The maximum Gasteiger partial charge on any atom is 0.315 e. The molecule has 1 aromatic carbocycles. The van der Waals surface area contributed by atoms with Gasteiger partial charge in [-0.25, -0.2) is 17.5 Å². The molecule has 0 bridgehead atoms. The summed E-state index contributed by atoms with van der Waals surface area (Å²) < 4.78 is 44.7. The van der Waals surface area contributed by atoms with E-state index in [1.807, 2.05) is 0 Å². The molecular weight excluding hydrogens is 395 g/mol. The molecule has 1 aliphatic rings. The fourth-order valence-corrected chi connectivity index (χ4v) is 4.73. The largest absolute Gasteiger partial charge is 0.468 e. The average molecular weight is 419 g/mol. The topological polar surface area (TPSA) is 92.8 Å². The molecular formula is C17H23FN2O5S2. The number of carbonyl (C=O) groups is 2. The first-order valence-electron chi connectivity index (χ1n) is 8.52. The minimum Gasteiger partial charge on any atom is -0.468 e. The third-order valence-corrected chi connectivity index (χ3v) is 6.67. The van der Waals surface area contributed by atoms with E-state index in [9.17, 15) is 22.4 Å². The van der Waals surface area contributed by atoms with Gasteiger partial charge in [-0.15, -0.1) is 11.8 Å². The van der Waals surface area contributed by atoms with Crippen molar-refractivity contribution in [3.05, 3.63) is 30.1 Å². The predicted octanol–water partition coefficient (Wildman–Crippen LogP) is 1.39. The van der Waals surface area contributed by atoms with Crippen molar-refractivity contribution in [1.29, 1.82) is 0 Å². The molecule has 1 heterocycles. The van der Waals surface area contributed by atoms with Crippen LogP contribution in [0.4, 0.5) is 4.39 Å². The van der Waals surface area contributed by atoms with Crippen LogP contribution in [-0.2, 0) is 24.3 Å². The lowest BCUT2D eigenvalue weighted by atomic mass is 10.1. The first-order chi connectivity index (χ1) is 12.8. The number of ether oxygens (including phenoxy) is 1. The van der Waals surface area contributed by atoms with Crippen molar-refractivity contribution in [2.75, 3.05) is 31.7 Å². The SMILES string of the molecule is COC(=O)CSCCC(=O)N1CCC(NS(=O)(=O)c2ccc(F)cc2)CC1. The van der Waals surface area contributed by atoms with Gasteiger partial charge in [0.05, 0.1) is 17.8 Å². The van der Waals surface area contributed by atoms with E-state index in [2.05, 4.69) is 9.46 Å². The number of methoxy groups -OCH3 is 1. The molecule has 10 heteroatoms. The maximum atomic E-state index is 12.9. The van der Waals surface area contributed by atoms with E-state index in [4.69, 9.17) is 0 Å². The predicted molar refractivity (Wildman–Crippen MR) is 100 cm³/mol. The third-order valence-electron chi connectivity index (χ3n) is 4.20. The zero-order chi connectivity index (χ0) is 19.9. The van der Waals surface area contributed by atoms with Crippen LogP contribution in [0.25, 0.3) is 0 Å². The van der Waals surface area contributed by atoms with Gasteiger partial charge in [-0.3, -0.25) is 9.59 Å². The fourth-order valence-electron chi connectivity index (χ4n) is 2.68. The van der Waals surface area contributed by atoms with Gasteiger partial charge < -0.3 is 9.64 Å². The van der Waals surface area contributed by atoms with Crippen LogP contribution < -0.4 is 4.72 Å². The van der Waals surface area contributed by atoms with Crippen LogP contribution in [0.15, 0.2) is 29.2 Å². The molecule has 0 aliphatic carbocycles. The number of sulfonamides is 1. The Labute approximate surface area is 162 Å². The van der Waals surface area contributed by atoms with Crippen LogP contribution in [0.2, 0.25) is 0 Å². The van der Waals surface area contributed by atoms with Crippen LogP contribution in [0.1, 0.15) is 19.3 Å². The molecule has 0 aromatic heterocycles. The number of benzene rings is 1. The van der Waals surface area contributed by atoms with Crippen LogP contribution in [-0.4, -0.2) is 62.9 Å². The maximum absolute atomic E-state index is 12.9. The Morgan fingerprint density at radius 2 is 1.89 bits per heavy atom. The molecule has 0 spiro atoms. The molecule has 1 fully saturated rings. The fraction of sp³-hybridized carbons (Fsp3) is 0.529. The van der Waals surface area contributed by atoms with Gasteiger partial charge >= 0.3 is 5.97 Å². The third kappa shape index (κ3) is 6.78. The van der Waals surface area contributed by atoms with Gasteiger partial charge in [-0.2, -0.15) is 0 Å². The van der Waals surface area contributed by atoms with Crippen molar-refractivity contribution in [1.82, 2.24) is 9.62 Å². The Hall–Kier alpha value is -1.65. The summed E-state index contributed by atoms with van der Waals surface area (Å²) in [6.07, 6.45) is 1.36. The molecule has 1 N–H and O–H groups in total. The Kier molecular flexibility index (Phi) is 8.06. The number of nitrogens with one attached hydrogen (secondary N) is 1. The number of nitrogens with zero attached hydrogens (tertiary/aromatic N) is 1. The normalized spacial score (nSPS) is 15.6. The van der Waals surface area contributed by atoms with Crippen molar-refractivity contribution in [2.24, 2.45) is 0 Å². The Bertz CT molecular complexity index is 747. The highest BCUT2D eigenvalue weighted by molar-refractivity contribution is 7.99. The summed E-state index contributed by atoms with van der Waals surface area (Å²) in [6.45, 7) is 0.939. The molecule has 27 heavy (non-hydrogen) atoms. The standard InChI is InChI=1S/C17H23FN2O5S2/c1-25-17(22)12-26-11-8-16(21)20-9-6-14(7-10-20)19-27(23,24)15-4-2-13(18)3-5-15/h2-5,14,19H,6-12H2,1H3. The minimum absolute atomic E-state index is 0.00722. The molecule has 7 nitrogen and oxygen atoms in total. The first kappa shape index (κ1) is 21.6. The van der Waals surface area contributed by atoms with Crippen LogP contribution in [0, 0.1) is 5.82 Å². The zero-order valence-electron chi connectivity index (χ0n) is 15.0. The first-order valence-corrected chi connectivity index (χ1v) is 11.2. The molecule has 1 saturated heterocycles. The molecule has 0 atom stereocenters. The number of hydrogen-bond donors (Lipinski definition) is 1. The van der Waals surface area contributed by atoms with Crippen molar-refractivity contribution < 1.29 is 27.1 Å². The van der Waals surface area contributed by atoms with Gasteiger partial charge in [0, 0.05) is 31.3 Å². The summed E-state index contributed by atoms with van der Waals surface area (Å²) in [4.78, 5) is 24.9. The van der Waals surface area contributed by atoms with Gasteiger partial charge in [-0.05, 0) is 37.1 Å². The van der Waals surface area contributed by atoms with Gasteiger partial charge in [0.2, 0.25) is 15.9 Å². The smallest absolute Gasteiger partial charge is 0.315 e. The number of carbonyl (C=O) groups excluding carboxylic acids is 2. The molecule has 1 aromatic rings. The number of rotatable bonds is 8. The van der Waals surface area contributed by atoms with E-state index >= 15 is 0 Å². The zero-order valence-corrected chi connectivity index (χ0v) is 16.7. The number of esters is 1. The number of amides is 1. The summed E-state index contributed by atoms with van der Waals surface area (Å²) in [5.41, 5.74) is 0. The Morgan fingerprint density at radius 3 is 2.48 bits per heavy atom. The molecule has 150 valence electrons. The average Bonchev–Trinajstić information content (AvgIpc) is 2.65. The van der Waals surface area contributed by atoms with Crippen molar-refractivity contribution in [3.8, 4) is 0 Å². The lowest BCUT2D eigenvalue weighted by Crippen LogP contribution is -2.46. The Balaban J connectivity index is 1.75. The number of halogens is 1. The second kappa shape index (κ2) is 10.0.